The van der Waals surface area contributed by atoms with E-state index in [1.807, 2.05) is 49.4 Å². The minimum absolute atomic E-state index is 0.138. The summed E-state index contributed by atoms with van der Waals surface area (Å²) >= 11 is 3.38. The molecule has 1 aromatic heterocycles. The van der Waals surface area contributed by atoms with Crippen molar-refractivity contribution < 1.29 is 4.79 Å². The largest absolute Gasteiger partial charge is 0.341 e. The van der Waals surface area contributed by atoms with Gasteiger partial charge in [-0.2, -0.15) is 4.98 Å². The SMILES string of the molecule is Cc1cc(Nc2ccc(NC(=O)c3ccc(Br)cc3)cc2)nc(N2CCCCC2)n1. The maximum absolute atomic E-state index is 12.4. The van der Waals surface area contributed by atoms with Crippen molar-refractivity contribution in [2.24, 2.45) is 0 Å². The van der Waals surface area contributed by atoms with Crippen LogP contribution >= 0.6 is 15.9 Å². The second kappa shape index (κ2) is 9.26. The smallest absolute Gasteiger partial charge is 0.255 e. The normalized spacial score (nSPS) is 13.7. The highest BCUT2D eigenvalue weighted by Gasteiger charge is 2.15. The number of benzene rings is 2. The third-order valence-electron chi connectivity index (χ3n) is 5.00. The van der Waals surface area contributed by atoms with Gasteiger partial charge in [-0.15, -0.1) is 0 Å². The summed E-state index contributed by atoms with van der Waals surface area (Å²) in [6.07, 6.45) is 3.65. The molecule has 30 heavy (non-hydrogen) atoms. The van der Waals surface area contributed by atoms with Crippen molar-refractivity contribution in [3.63, 3.8) is 0 Å². The van der Waals surface area contributed by atoms with Gasteiger partial charge in [-0.1, -0.05) is 15.9 Å². The van der Waals surface area contributed by atoms with Crippen LogP contribution in [-0.2, 0) is 0 Å². The summed E-state index contributed by atoms with van der Waals surface area (Å²) in [5.74, 6) is 1.42. The lowest BCUT2D eigenvalue weighted by molar-refractivity contribution is 0.102. The number of rotatable bonds is 5. The molecule has 1 fully saturated rings. The van der Waals surface area contributed by atoms with Crippen LogP contribution in [0.15, 0.2) is 59.1 Å². The number of hydrogen-bond acceptors (Lipinski definition) is 5. The van der Waals surface area contributed by atoms with Crippen LogP contribution in [-0.4, -0.2) is 29.0 Å². The Bertz CT molecular complexity index is 1010. The van der Waals surface area contributed by atoms with E-state index in [-0.39, 0.29) is 5.91 Å². The van der Waals surface area contributed by atoms with Gasteiger partial charge in [-0.3, -0.25) is 4.79 Å². The van der Waals surface area contributed by atoms with E-state index in [2.05, 4.69) is 36.4 Å². The molecule has 0 atom stereocenters. The average Bonchev–Trinajstić information content (AvgIpc) is 2.76. The van der Waals surface area contributed by atoms with Gasteiger partial charge in [-0.25, -0.2) is 4.98 Å². The average molecular weight is 466 g/mol. The fourth-order valence-corrected chi connectivity index (χ4v) is 3.71. The second-order valence-corrected chi connectivity index (χ2v) is 8.32. The van der Waals surface area contributed by atoms with Crippen LogP contribution < -0.4 is 15.5 Å². The molecule has 6 nitrogen and oxygen atoms in total. The van der Waals surface area contributed by atoms with Crippen LogP contribution in [0.2, 0.25) is 0 Å². The van der Waals surface area contributed by atoms with Gasteiger partial charge in [0.1, 0.15) is 5.82 Å². The Kier molecular flexibility index (Phi) is 6.28. The molecule has 0 unspecified atom stereocenters. The first kappa shape index (κ1) is 20.3. The number of nitrogens with zero attached hydrogens (tertiary/aromatic N) is 3. The van der Waals surface area contributed by atoms with E-state index in [0.717, 1.165) is 46.4 Å². The maximum Gasteiger partial charge on any atom is 0.255 e. The van der Waals surface area contributed by atoms with Gasteiger partial charge in [0.15, 0.2) is 0 Å². The van der Waals surface area contributed by atoms with Gasteiger partial charge >= 0.3 is 0 Å². The minimum Gasteiger partial charge on any atom is -0.341 e. The molecule has 1 aliphatic heterocycles. The lowest BCUT2D eigenvalue weighted by atomic mass is 10.1. The first-order chi connectivity index (χ1) is 14.6. The van der Waals surface area contributed by atoms with Gasteiger partial charge in [-0.05, 0) is 74.7 Å². The fraction of sp³-hybridized carbons (Fsp3) is 0.261. The summed E-state index contributed by atoms with van der Waals surface area (Å²) in [6, 6.07) is 16.8. The summed E-state index contributed by atoms with van der Waals surface area (Å²) < 4.78 is 0.942. The molecule has 1 aliphatic rings. The molecule has 1 saturated heterocycles. The fourth-order valence-electron chi connectivity index (χ4n) is 3.44. The summed E-state index contributed by atoms with van der Waals surface area (Å²) in [7, 11) is 0. The number of piperidine rings is 1. The van der Waals surface area contributed by atoms with Crippen molar-refractivity contribution in [2.75, 3.05) is 28.6 Å². The summed E-state index contributed by atoms with van der Waals surface area (Å²) in [4.78, 5) is 23.9. The molecule has 0 saturated carbocycles. The van der Waals surface area contributed by atoms with E-state index in [1.165, 1.54) is 19.3 Å². The van der Waals surface area contributed by atoms with E-state index in [4.69, 9.17) is 4.98 Å². The molecule has 2 aromatic carbocycles. The second-order valence-electron chi connectivity index (χ2n) is 7.41. The first-order valence-corrected chi connectivity index (χ1v) is 10.9. The highest BCUT2D eigenvalue weighted by atomic mass is 79.9. The molecular weight excluding hydrogens is 442 g/mol. The molecular formula is C23H24BrN5O. The van der Waals surface area contributed by atoms with E-state index < -0.39 is 0 Å². The number of carbonyl (C=O) groups excluding carboxylic acids is 1. The topological polar surface area (TPSA) is 70.2 Å². The van der Waals surface area contributed by atoms with Crippen LogP contribution in [0, 0.1) is 6.92 Å². The number of aryl methyl sites for hydroxylation is 1. The van der Waals surface area contributed by atoms with Crippen LogP contribution in [0.3, 0.4) is 0 Å². The molecule has 0 radical (unpaired) electrons. The summed E-state index contributed by atoms with van der Waals surface area (Å²) in [5.41, 5.74) is 3.19. The molecule has 2 N–H and O–H groups in total. The Balaban J connectivity index is 1.42. The Morgan fingerprint density at radius 1 is 0.933 bits per heavy atom. The number of hydrogen-bond donors (Lipinski definition) is 2. The molecule has 0 spiro atoms. The molecule has 0 bridgehead atoms. The van der Waals surface area contributed by atoms with E-state index in [0.29, 0.717) is 5.56 Å². The van der Waals surface area contributed by atoms with Crippen molar-refractivity contribution in [1.29, 1.82) is 0 Å². The zero-order chi connectivity index (χ0) is 20.9. The highest BCUT2D eigenvalue weighted by molar-refractivity contribution is 9.10. The van der Waals surface area contributed by atoms with Crippen molar-refractivity contribution >= 4 is 45.0 Å². The van der Waals surface area contributed by atoms with Gasteiger partial charge < -0.3 is 15.5 Å². The standard InChI is InChI=1S/C23H24BrN5O/c1-16-15-21(28-23(25-16)29-13-3-2-4-14-29)26-19-9-11-20(12-10-19)27-22(30)17-5-7-18(24)8-6-17/h5-12,15H,2-4,13-14H2,1H3,(H,27,30)(H,25,26,28). The lowest BCUT2D eigenvalue weighted by Crippen LogP contribution is -2.31. The van der Waals surface area contributed by atoms with Crippen LogP contribution in [0.25, 0.3) is 0 Å². The van der Waals surface area contributed by atoms with Crippen LogP contribution in [0.4, 0.5) is 23.1 Å². The van der Waals surface area contributed by atoms with Gasteiger partial charge in [0.2, 0.25) is 5.95 Å². The van der Waals surface area contributed by atoms with Crippen molar-refractivity contribution in [1.82, 2.24) is 9.97 Å². The molecule has 0 aliphatic carbocycles. The number of carbonyl (C=O) groups is 1. The number of aromatic nitrogens is 2. The van der Waals surface area contributed by atoms with Crippen molar-refractivity contribution in [3.05, 3.63) is 70.3 Å². The molecule has 3 aromatic rings. The Morgan fingerprint density at radius 2 is 1.60 bits per heavy atom. The van der Waals surface area contributed by atoms with E-state index >= 15 is 0 Å². The van der Waals surface area contributed by atoms with E-state index in [9.17, 15) is 4.79 Å². The van der Waals surface area contributed by atoms with Crippen LogP contribution in [0.5, 0.6) is 0 Å². The molecule has 4 rings (SSSR count). The van der Waals surface area contributed by atoms with Gasteiger partial charge in [0.25, 0.3) is 5.91 Å². The van der Waals surface area contributed by atoms with Crippen molar-refractivity contribution in [3.8, 4) is 0 Å². The van der Waals surface area contributed by atoms with E-state index in [1.54, 1.807) is 12.1 Å². The predicted octanol–water partition coefficient (Wildman–Crippen LogP) is 5.53. The van der Waals surface area contributed by atoms with Crippen LogP contribution in [0.1, 0.15) is 35.3 Å². The van der Waals surface area contributed by atoms with Gasteiger partial charge in [0, 0.05) is 46.3 Å². The number of halogens is 1. The lowest BCUT2D eigenvalue weighted by Gasteiger charge is -2.27. The number of nitrogens with one attached hydrogen (secondary N) is 2. The molecule has 7 heteroatoms. The maximum atomic E-state index is 12.4. The first-order valence-electron chi connectivity index (χ1n) is 10.1. The Hall–Kier alpha value is -2.93. The molecule has 2 heterocycles. The zero-order valence-corrected chi connectivity index (χ0v) is 18.4. The van der Waals surface area contributed by atoms with Gasteiger partial charge in [0.05, 0.1) is 0 Å². The number of anilines is 4. The quantitative estimate of drug-likeness (QED) is 0.517. The highest BCUT2D eigenvalue weighted by Crippen LogP contribution is 2.22. The number of amides is 1. The molecule has 154 valence electrons. The minimum atomic E-state index is -0.138. The Morgan fingerprint density at radius 3 is 2.30 bits per heavy atom. The third kappa shape index (κ3) is 5.16. The predicted molar refractivity (Wildman–Crippen MR) is 125 cm³/mol. The monoisotopic (exact) mass is 465 g/mol. The summed E-state index contributed by atoms with van der Waals surface area (Å²) in [5, 5.41) is 6.26. The summed E-state index contributed by atoms with van der Waals surface area (Å²) in [6.45, 7) is 4.01. The van der Waals surface area contributed by atoms with Crippen molar-refractivity contribution in [2.45, 2.75) is 26.2 Å². The Labute approximate surface area is 184 Å². The zero-order valence-electron chi connectivity index (χ0n) is 16.9. The third-order valence-corrected chi connectivity index (χ3v) is 5.53. The molecule has 1 amide bonds.